The Hall–Kier alpha value is -4.08. The van der Waals surface area contributed by atoms with Crippen molar-refractivity contribution in [1.82, 2.24) is 20.4 Å². The minimum atomic E-state index is -3.35. The Morgan fingerprint density at radius 2 is 2.00 bits per heavy atom. The van der Waals surface area contributed by atoms with Crippen LogP contribution in [-0.2, 0) is 15.3 Å². The number of amidine groups is 1. The molecular weight excluding hydrogens is 560 g/mol. The van der Waals surface area contributed by atoms with Gasteiger partial charge >= 0.3 is 6.09 Å². The van der Waals surface area contributed by atoms with E-state index >= 15 is 4.39 Å². The number of ether oxygens (including phenoxy) is 1. The Bertz CT molecular complexity index is 1570. The molecule has 0 unspecified atom stereocenters. The van der Waals surface area contributed by atoms with Crippen molar-refractivity contribution in [2.45, 2.75) is 30.6 Å². The van der Waals surface area contributed by atoms with E-state index in [1.54, 1.807) is 0 Å². The van der Waals surface area contributed by atoms with Gasteiger partial charge in [0.2, 0.25) is 5.88 Å². The summed E-state index contributed by atoms with van der Waals surface area (Å²) in [7, 11) is -2.09. The standard InChI is InChI=1S/C24H24F4N6O5S/c1-23(2)21(32-22(35)36)33-24(11-25,12-40(23,37)29-3)14-6-13(4-5-15(14)26)18-7-16(34-39-18)17-8-31-20(9-30-17)38-10-19(27)28/h4-9,19H,10-12H2,1-3H3,(H,32,33)(H,35,36)/t24-,40+/m0/s1. The number of hydrogen-bond acceptors (Lipinski definition) is 9. The molecule has 1 aromatic carbocycles. The van der Waals surface area contributed by atoms with E-state index in [1.165, 1.54) is 45.3 Å². The van der Waals surface area contributed by atoms with Gasteiger partial charge in [-0.1, -0.05) is 5.16 Å². The van der Waals surface area contributed by atoms with Crippen molar-refractivity contribution < 1.29 is 40.9 Å². The Morgan fingerprint density at radius 3 is 2.60 bits per heavy atom. The highest BCUT2D eigenvalue weighted by Gasteiger charge is 2.51. The van der Waals surface area contributed by atoms with Crippen molar-refractivity contribution in [1.29, 1.82) is 0 Å². The zero-order chi connectivity index (χ0) is 29.3. The van der Waals surface area contributed by atoms with Gasteiger partial charge in [0.15, 0.2) is 12.4 Å². The zero-order valence-electron chi connectivity index (χ0n) is 21.4. The predicted octanol–water partition coefficient (Wildman–Crippen LogP) is 4.30. The van der Waals surface area contributed by atoms with Crippen LogP contribution >= 0.6 is 0 Å². The third-order valence-electron chi connectivity index (χ3n) is 6.38. The van der Waals surface area contributed by atoms with Crippen LogP contribution in [0.4, 0.5) is 22.4 Å². The highest BCUT2D eigenvalue weighted by atomic mass is 32.2. The first kappa shape index (κ1) is 28.9. The van der Waals surface area contributed by atoms with Crippen molar-refractivity contribution in [3.8, 4) is 28.6 Å². The first-order chi connectivity index (χ1) is 18.8. The van der Waals surface area contributed by atoms with Crippen LogP contribution in [0.2, 0.25) is 0 Å². The second-order valence-electron chi connectivity index (χ2n) is 9.25. The van der Waals surface area contributed by atoms with Gasteiger partial charge in [0.05, 0.1) is 27.9 Å². The Balaban J connectivity index is 1.74. The summed E-state index contributed by atoms with van der Waals surface area (Å²) in [6.45, 7) is 0.773. The van der Waals surface area contributed by atoms with Crippen molar-refractivity contribution in [3.05, 3.63) is 48.0 Å². The molecule has 1 amide bonds. The lowest BCUT2D eigenvalue weighted by Gasteiger charge is -2.41. The van der Waals surface area contributed by atoms with Gasteiger partial charge in [-0.05, 0) is 32.0 Å². The fourth-order valence-electron chi connectivity index (χ4n) is 4.13. The number of alkyl halides is 3. The van der Waals surface area contributed by atoms with Crippen LogP contribution in [0.5, 0.6) is 5.88 Å². The molecule has 2 aromatic heterocycles. The fourth-order valence-corrected chi connectivity index (χ4v) is 6.42. The second-order valence-corrected chi connectivity index (χ2v) is 12.2. The smallest absolute Gasteiger partial charge is 0.410 e. The molecule has 214 valence electrons. The average Bonchev–Trinajstić information content (AvgIpc) is 3.41. The molecule has 11 nitrogen and oxygen atoms in total. The summed E-state index contributed by atoms with van der Waals surface area (Å²) in [5.74, 6) is -1.69. The molecule has 4 rings (SSSR count). The normalized spacial score (nSPS) is 22.1. The zero-order valence-corrected chi connectivity index (χ0v) is 22.2. The minimum Gasteiger partial charge on any atom is -0.470 e. The van der Waals surface area contributed by atoms with Gasteiger partial charge in [-0.25, -0.2) is 40.9 Å². The molecule has 0 fully saturated rings. The van der Waals surface area contributed by atoms with Gasteiger partial charge in [0.25, 0.3) is 6.43 Å². The third-order valence-corrected chi connectivity index (χ3v) is 9.63. The van der Waals surface area contributed by atoms with Crippen LogP contribution < -0.4 is 10.1 Å². The van der Waals surface area contributed by atoms with Crippen molar-refractivity contribution in [2.24, 2.45) is 9.36 Å². The Kier molecular flexibility index (Phi) is 7.83. The monoisotopic (exact) mass is 584 g/mol. The van der Waals surface area contributed by atoms with Crippen LogP contribution in [-0.4, -0.2) is 73.6 Å². The lowest BCUT2D eigenvalue weighted by molar-refractivity contribution is 0.0794. The topological polar surface area (TPSA) is 152 Å². The first-order valence-corrected chi connectivity index (χ1v) is 13.3. The van der Waals surface area contributed by atoms with E-state index in [-0.39, 0.29) is 40.0 Å². The highest BCUT2D eigenvalue weighted by molar-refractivity contribution is 7.95. The molecule has 3 aromatic rings. The van der Waals surface area contributed by atoms with E-state index in [2.05, 4.69) is 29.8 Å². The van der Waals surface area contributed by atoms with Crippen molar-refractivity contribution in [2.75, 3.05) is 26.1 Å². The molecule has 0 bridgehead atoms. The maximum absolute atomic E-state index is 15.2. The lowest BCUT2D eigenvalue weighted by atomic mass is 9.90. The van der Waals surface area contributed by atoms with E-state index in [9.17, 15) is 27.3 Å². The van der Waals surface area contributed by atoms with Crippen LogP contribution in [0, 0.1) is 5.82 Å². The number of benzene rings is 1. The minimum absolute atomic E-state index is 0.115. The molecule has 1 aliphatic heterocycles. The maximum atomic E-state index is 15.2. The summed E-state index contributed by atoms with van der Waals surface area (Å²) in [5, 5.41) is 15.3. The van der Waals surface area contributed by atoms with Crippen LogP contribution in [0.25, 0.3) is 22.7 Å². The quantitative estimate of drug-likeness (QED) is 0.390. The Morgan fingerprint density at radius 1 is 1.25 bits per heavy atom. The molecule has 2 N–H and O–H groups in total. The molecule has 2 atom stereocenters. The number of carboxylic acid groups (broad SMARTS) is 1. The summed E-state index contributed by atoms with van der Waals surface area (Å²) in [6.07, 6.45) is -1.82. The van der Waals surface area contributed by atoms with E-state index in [0.29, 0.717) is 0 Å². The second kappa shape index (κ2) is 10.8. The third kappa shape index (κ3) is 5.35. The summed E-state index contributed by atoms with van der Waals surface area (Å²) < 4.78 is 81.2. The molecule has 0 aliphatic carbocycles. The number of halogens is 4. The predicted molar refractivity (Wildman–Crippen MR) is 136 cm³/mol. The molecule has 0 saturated carbocycles. The summed E-state index contributed by atoms with van der Waals surface area (Å²) in [4.78, 5) is 23.7. The van der Waals surface area contributed by atoms with Gasteiger partial charge in [-0.3, -0.25) is 10.3 Å². The molecule has 40 heavy (non-hydrogen) atoms. The number of nitrogens with one attached hydrogen (secondary N) is 1. The molecule has 0 spiro atoms. The summed E-state index contributed by atoms with van der Waals surface area (Å²) >= 11 is 0. The largest absolute Gasteiger partial charge is 0.470 e. The number of amides is 1. The molecule has 3 heterocycles. The van der Waals surface area contributed by atoms with Gasteiger partial charge < -0.3 is 14.4 Å². The van der Waals surface area contributed by atoms with Gasteiger partial charge in [-0.2, -0.15) is 0 Å². The van der Waals surface area contributed by atoms with E-state index in [0.717, 1.165) is 12.3 Å². The summed E-state index contributed by atoms with van der Waals surface area (Å²) in [6, 6.07) is 5.08. The maximum Gasteiger partial charge on any atom is 0.410 e. The fraction of sp³-hybridized carbons (Fsp3) is 0.375. The SMILES string of the molecule is CN=[S@@]1(=O)C[C@@](CF)(c2cc(-c3cc(-c4cnc(OCC(F)F)cn4)no3)ccc2F)N=C(NC(=O)O)C1(C)C. The number of aromatic nitrogens is 3. The van der Waals surface area contributed by atoms with E-state index < -0.39 is 57.4 Å². The molecule has 16 heteroatoms. The van der Waals surface area contributed by atoms with Gasteiger partial charge in [-0.15, -0.1) is 0 Å². The molecule has 0 saturated heterocycles. The highest BCUT2D eigenvalue weighted by Crippen LogP contribution is 2.41. The number of nitrogens with zero attached hydrogens (tertiary/aromatic N) is 5. The average molecular weight is 585 g/mol. The van der Waals surface area contributed by atoms with Crippen molar-refractivity contribution in [3.63, 3.8) is 0 Å². The van der Waals surface area contributed by atoms with Gasteiger partial charge in [0.1, 0.15) is 40.0 Å². The van der Waals surface area contributed by atoms with Crippen LogP contribution in [0.1, 0.15) is 19.4 Å². The number of carbonyl (C=O) groups is 1. The first-order valence-electron chi connectivity index (χ1n) is 11.6. The summed E-state index contributed by atoms with van der Waals surface area (Å²) in [5.41, 5.74) is -1.68. The van der Waals surface area contributed by atoms with E-state index in [1.807, 2.05) is 0 Å². The number of hydrogen-bond donors (Lipinski definition) is 2. The van der Waals surface area contributed by atoms with Crippen LogP contribution in [0.15, 0.2) is 50.5 Å². The van der Waals surface area contributed by atoms with Crippen LogP contribution in [0.3, 0.4) is 0 Å². The molecule has 1 aliphatic rings. The number of aliphatic imine (C=N–C) groups is 1. The molecule has 0 radical (unpaired) electrons. The van der Waals surface area contributed by atoms with E-state index in [4.69, 9.17) is 9.26 Å². The number of rotatable bonds is 7. The Labute approximate surface area is 225 Å². The van der Waals surface area contributed by atoms with Gasteiger partial charge in [0, 0.05) is 24.2 Å². The lowest BCUT2D eigenvalue weighted by Crippen LogP contribution is -2.58. The van der Waals surface area contributed by atoms with Crippen molar-refractivity contribution >= 4 is 21.7 Å². The molecular formula is C24H24F4N6O5S.